The Morgan fingerprint density at radius 3 is 2.61 bits per heavy atom. The highest BCUT2D eigenvalue weighted by atomic mass is 32.1. The largest absolute Gasteiger partial charge is 0.433 e. The first kappa shape index (κ1) is 17.8. The predicted molar refractivity (Wildman–Crippen MR) is 101 cm³/mol. The van der Waals surface area contributed by atoms with Crippen LogP contribution in [-0.2, 0) is 12.7 Å². The summed E-state index contributed by atoms with van der Waals surface area (Å²) < 4.78 is 39.1. The molecule has 3 saturated heterocycles. The van der Waals surface area contributed by atoms with Crippen molar-refractivity contribution in [3.05, 3.63) is 46.9 Å². The third kappa shape index (κ3) is 2.93. The highest BCUT2D eigenvalue weighted by molar-refractivity contribution is 7.18. The number of aryl methyl sites for hydroxylation is 1. The number of nitrogens with zero attached hydrogens (tertiary/aromatic N) is 5. The molecule has 0 aromatic carbocycles. The lowest BCUT2D eigenvalue weighted by Crippen LogP contribution is -2.69. The number of piperazine rings is 1. The van der Waals surface area contributed by atoms with Gasteiger partial charge in [0.2, 0.25) is 0 Å². The third-order valence-electron chi connectivity index (χ3n) is 5.55. The molecule has 3 aromatic heterocycles. The Morgan fingerprint density at radius 1 is 1.14 bits per heavy atom. The predicted octanol–water partition coefficient (Wildman–Crippen LogP) is 3.88. The molecular formula is C19H18F3N5S. The summed E-state index contributed by atoms with van der Waals surface area (Å²) in [5.41, 5.74) is 2.15. The van der Waals surface area contributed by atoms with Crippen LogP contribution in [0.4, 0.5) is 19.0 Å². The lowest BCUT2D eigenvalue weighted by molar-refractivity contribution is -0.141. The third-order valence-corrected chi connectivity index (χ3v) is 6.63. The smallest absolute Gasteiger partial charge is 0.347 e. The highest BCUT2D eigenvalue weighted by Gasteiger charge is 2.46. The second kappa shape index (κ2) is 6.38. The van der Waals surface area contributed by atoms with Crippen LogP contribution in [0.3, 0.4) is 0 Å². The van der Waals surface area contributed by atoms with Crippen molar-refractivity contribution in [2.24, 2.45) is 0 Å². The lowest BCUT2D eigenvalue weighted by atomic mass is 9.87. The van der Waals surface area contributed by atoms with E-state index in [1.165, 1.54) is 17.8 Å². The highest BCUT2D eigenvalue weighted by Crippen LogP contribution is 2.41. The van der Waals surface area contributed by atoms with Crippen molar-refractivity contribution >= 4 is 27.4 Å². The van der Waals surface area contributed by atoms with Crippen LogP contribution < -0.4 is 4.90 Å². The number of pyridine rings is 1. The van der Waals surface area contributed by atoms with E-state index >= 15 is 0 Å². The van der Waals surface area contributed by atoms with E-state index in [1.807, 2.05) is 0 Å². The maximum atomic E-state index is 12.7. The zero-order valence-corrected chi connectivity index (χ0v) is 16.0. The number of aromatic nitrogens is 3. The summed E-state index contributed by atoms with van der Waals surface area (Å²) >= 11 is 1.68. The summed E-state index contributed by atoms with van der Waals surface area (Å²) in [6.45, 7) is 4.41. The van der Waals surface area contributed by atoms with Crippen molar-refractivity contribution < 1.29 is 13.2 Å². The quantitative estimate of drug-likeness (QED) is 0.662. The zero-order chi connectivity index (χ0) is 19.5. The van der Waals surface area contributed by atoms with Crippen LogP contribution in [0.5, 0.6) is 0 Å². The molecule has 2 bridgehead atoms. The molecule has 0 aliphatic carbocycles. The molecule has 146 valence electrons. The molecule has 0 radical (unpaired) electrons. The van der Waals surface area contributed by atoms with Crippen molar-refractivity contribution in [3.8, 4) is 0 Å². The van der Waals surface area contributed by atoms with Crippen molar-refractivity contribution in [3.63, 3.8) is 0 Å². The number of rotatable bonds is 3. The molecule has 0 saturated carbocycles. The molecule has 6 heterocycles. The van der Waals surface area contributed by atoms with Gasteiger partial charge in [0, 0.05) is 37.9 Å². The second-order valence-corrected chi connectivity index (χ2v) is 8.37. The molecule has 3 fully saturated rings. The maximum absolute atomic E-state index is 12.7. The Bertz CT molecular complexity index is 1000. The van der Waals surface area contributed by atoms with Crippen molar-refractivity contribution in [2.45, 2.75) is 38.1 Å². The number of fused-ring (bicyclic) bond motifs is 3. The SMILES string of the molecule is Cc1csc2c(N3C4CC3CN(Cc3ccc(C(F)(F)F)nc3)C4)ncnc12. The van der Waals surface area contributed by atoms with E-state index in [0.29, 0.717) is 18.6 Å². The number of thiophene rings is 1. The van der Waals surface area contributed by atoms with Crippen LogP contribution in [0.25, 0.3) is 10.2 Å². The van der Waals surface area contributed by atoms with Crippen LogP contribution in [0.1, 0.15) is 23.2 Å². The molecular weight excluding hydrogens is 387 g/mol. The summed E-state index contributed by atoms with van der Waals surface area (Å²) in [6, 6.07) is 3.34. The molecule has 28 heavy (non-hydrogen) atoms. The van der Waals surface area contributed by atoms with Crippen LogP contribution >= 0.6 is 11.3 Å². The number of piperidine rings is 1. The van der Waals surface area contributed by atoms with Gasteiger partial charge in [-0.3, -0.25) is 9.88 Å². The minimum absolute atomic E-state index is 0.377. The van der Waals surface area contributed by atoms with Gasteiger partial charge in [-0.05, 0) is 35.9 Å². The number of hydrogen-bond acceptors (Lipinski definition) is 6. The standard InChI is InChI=1S/C19H18F3N5S/c1-11-9-28-17-16(11)24-10-25-18(17)27-13-4-14(27)8-26(7-13)6-12-2-3-15(23-5-12)19(20,21)22/h2-3,5,9-10,13-14H,4,6-8H2,1H3. The van der Waals surface area contributed by atoms with Gasteiger partial charge in [-0.2, -0.15) is 13.2 Å². The zero-order valence-electron chi connectivity index (χ0n) is 15.1. The fourth-order valence-electron chi connectivity index (χ4n) is 4.26. The van der Waals surface area contributed by atoms with Gasteiger partial charge in [0.05, 0.1) is 10.2 Å². The molecule has 0 N–H and O–H groups in total. The first-order valence-electron chi connectivity index (χ1n) is 9.12. The van der Waals surface area contributed by atoms with Gasteiger partial charge in [0.15, 0.2) is 5.82 Å². The molecule has 3 aliphatic rings. The lowest BCUT2D eigenvalue weighted by Gasteiger charge is -2.57. The van der Waals surface area contributed by atoms with E-state index in [2.05, 4.69) is 37.1 Å². The average molecular weight is 405 g/mol. The topological polar surface area (TPSA) is 45.2 Å². The summed E-state index contributed by atoms with van der Waals surface area (Å²) in [5.74, 6) is 1.01. The van der Waals surface area contributed by atoms with Gasteiger partial charge >= 0.3 is 6.18 Å². The molecule has 0 amide bonds. The van der Waals surface area contributed by atoms with E-state index < -0.39 is 11.9 Å². The van der Waals surface area contributed by atoms with Crippen LogP contribution in [-0.4, -0.2) is 45.0 Å². The van der Waals surface area contributed by atoms with Crippen LogP contribution in [0, 0.1) is 6.92 Å². The molecule has 2 unspecified atom stereocenters. The van der Waals surface area contributed by atoms with Crippen molar-refractivity contribution in [1.82, 2.24) is 19.9 Å². The number of halogens is 3. The first-order valence-corrected chi connectivity index (χ1v) is 10.00. The summed E-state index contributed by atoms with van der Waals surface area (Å²) in [6.07, 6.45) is -0.299. The molecule has 3 aliphatic heterocycles. The Balaban J connectivity index is 1.30. The normalized spacial score (nSPS) is 22.5. The van der Waals surface area contributed by atoms with Gasteiger partial charge < -0.3 is 4.90 Å². The Kier molecular flexibility index (Phi) is 4.06. The molecule has 6 rings (SSSR count). The minimum Gasteiger partial charge on any atom is -0.347 e. The van der Waals surface area contributed by atoms with Gasteiger partial charge in [0.1, 0.15) is 12.0 Å². The number of alkyl halides is 3. The fraction of sp³-hybridized carbons (Fsp3) is 0.421. The second-order valence-electron chi connectivity index (χ2n) is 7.49. The van der Waals surface area contributed by atoms with Gasteiger partial charge in [-0.1, -0.05) is 6.07 Å². The fourth-order valence-corrected chi connectivity index (χ4v) is 5.25. The summed E-state index contributed by atoms with van der Waals surface area (Å²) in [5, 5.41) is 2.11. The van der Waals surface area contributed by atoms with Crippen LogP contribution in [0.2, 0.25) is 0 Å². The minimum atomic E-state index is -4.39. The molecule has 2 atom stereocenters. The van der Waals surface area contributed by atoms with E-state index in [4.69, 9.17) is 0 Å². The van der Waals surface area contributed by atoms with E-state index in [9.17, 15) is 13.2 Å². The van der Waals surface area contributed by atoms with Gasteiger partial charge in [-0.15, -0.1) is 11.3 Å². The molecule has 3 aromatic rings. The van der Waals surface area contributed by atoms with E-state index in [0.717, 1.165) is 47.2 Å². The molecule has 9 heteroatoms. The van der Waals surface area contributed by atoms with Crippen molar-refractivity contribution in [2.75, 3.05) is 18.0 Å². The maximum Gasteiger partial charge on any atom is 0.433 e. The summed E-state index contributed by atoms with van der Waals surface area (Å²) in [7, 11) is 0. The molecule has 5 nitrogen and oxygen atoms in total. The Hall–Kier alpha value is -2.26. The van der Waals surface area contributed by atoms with Gasteiger partial charge in [-0.25, -0.2) is 9.97 Å². The van der Waals surface area contributed by atoms with E-state index in [1.54, 1.807) is 17.7 Å². The number of anilines is 1. The Morgan fingerprint density at radius 2 is 1.93 bits per heavy atom. The average Bonchev–Trinajstić information content (AvgIpc) is 3.04. The van der Waals surface area contributed by atoms with E-state index in [-0.39, 0.29) is 0 Å². The Labute approximate surface area is 163 Å². The van der Waals surface area contributed by atoms with Gasteiger partial charge in [0.25, 0.3) is 0 Å². The monoisotopic (exact) mass is 405 g/mol. The summed E-state index contributed by atoms with van der Waals surface area (Å²) in [4.78, 5) is 17.2. The van der Waals surface area contributed by atoms with Crippen LogP contribution in [0.15, 0.2) is 30.0 Å². The number of hydrogen-bond donors (Lipinski definition) is 0. The first-order chi connectivity index (χ1) is 13.4. The van der Waals surface area contributed by atoms with Crippen molar-refractivity contribution in [1.29, 1.82) is 0 Å². The molecule has 0 spiro atoms.